The normalized spacial score (nSPS) is 15.2. The van der Waals surface area contributed by atoms with Gasteiger partial charge in [0.2, 0.25) is 5.91 Å². The zero-order valence-corrected chi connectivity index (χ0v) is 16.4. The first-order valence-corrected chi connectivity index (χ1v) is 9.53. The van der Waals surface area contributed by atoms with Gasteiger partial charge in [0, 0.05) is 31.2 Å². The number of carbonyl (C=O) groups excluding carboxylic acids is 2. The highest BCUT2D eigenvalue weighted by Crippen LogP contribution is 2.19. The second-order valence-electron chi connectivity index (χ2n) is 6.73. The van der Waals surface area contributed by atoms with Crippen molar-refractivity contribution in [2.75, 3.05) is 26.2 Å². The van der Waals surface area contributed by atoms with E-state index < -0.39 is 6.10 Å². The van der Waals surface area contributed by atoms with Crippen LogP contribution in [0, 0.1) is 5.82 Å². The number of piperazine rings is 1. The zero-order chi connectivity index (χ0) is 20.1. The Morgan fingerprint density at radius 3 is 2.36 bits per heavy atom. The first-order valence-electron chi connectivity index (χ1n) is 9.15. The molecule has 0 N–H and O–H groups in total. The summed E-state index contributed by atoms with van der Waals surface area (Å²) in [5, 5.41) is 0.547. The van der Waals surface area contributed by atoms with Crippen LogP contribution >= 0.6 is 11.6 Å². The zero-order valence-electron chi connectivity index (χ0n) is 15.6. The lowest BCUT2D eigenvalue weighted by molar-refractivity contribution is -0.143. The van der Waals surface area contributed by atoms with Crippen molar-refractivity contribution < 1.29 is 18.7 Å². The van der Waals surface area contributed by atoms with E-state index in [4.69, 9.17) is 16.3 Å². The Balaban J connectivity index is 1.49. The second-order valence-corrected chi connectivity index (χ2v) is 7.16. The molecule has 3 rings (SSSR count). The van der Waals surface area contributed by atoms with E-state index in [0.29, 0.717) is 37.0 Å². The van der Waals surface area contributed by atoms with Crippen molar-refractivity contribution >= 4 is 23.4 Å². The fourth-order valence-corrected chi connectivity index (χ4v) is 3.30. The van der Waals surface area contributed by atoms with Gasteiger partial charge in [-0.3, -0.25) is 9.59 Å². The van der Waals surface area contributed by atoms with E-state index in [2.05, 4.69) is 0 Å². The number of amides is 2. The molecule has 0 aromatic heterocycles. The van der Waals surface area contributed by atoms with Crippen molar-refractivity contribution in [3.05, 3.63) is 64.9 Å². The number of benzene rings is 2. The number of nitrogens with zero attached hydrogens (tertiary/aromatic N) is 2. The van der Waals surface area contributed by atoms with Crippen molar-refractivity contribution in [3.63, 3.8) is 0 Å². The summed E-state index contributed by atoms with van der Waals surface area (Å²) in [7, 11) is 0. The van der Waals surface area contributed by atoms with E-state index in [1.165, 1.54) is 12.1 Å². The minimum atomic E-state index is -0.639. The Hall–Kier alpha value is -2.60. The summed E-state index contributed by atoms with van der Waals surface area (Å²) >= 11 is 5.94. The van der Waals surface area contributed by atoms with Gasteiger partial charge in [-0.1, -0.05) is 29.8 Å². The Bertz CT molecular complexity index is 836. The maximum Gasteiger partial charge on any atom is 0.263 e. The van der Waals surface area contributed by atoms with Gasteiger partial charge in [-0.2, -0.15) is 0 Å². The van der Waals surface area contributed by atoms with Gasteiger partial charge in [-0.15, -0.1) is 0 Å². The maximum absolute atomic E-state index is 13.0. The smallest absolute Gasteiger partial charge is 0.263 e. The van der Waals surface area contributed by atoms with E-state index in [9.17, 15) is 14.0 Å². The number of ether oxygens (including phenoxy) is 1. The van der Waals surface area contributed by atoms with Crippen molar-refractivity contribution in [2.45, 2.75) is 19.4 Å². The van der Waals surface area contributed by atoms with Gasteiger partial charge < -0.3 is 14.5 Å². The van der Waals surface area contributed by atoms with Crippen LogP contribution in [0.5, 0.6) is 5.75 Å². The molecular formula is C21H22ClFN2O3. The molecule has 1 unspecified atom stereocenters. The lowest BCUT2D eigenvalue weighted by Crippen LogP contribution is -2.53. The van der Waals surface area contributed by atoms with Crippen molar-refractivity contribution in [2.24, 2.45) is 0 Å². The van der Waals surface area contributed by atoms with Gasteiger partial charge in [-0.05, 0) is 42.8 Å². The summed E-state index contributed by atoms with van der Waals surface area (Å²) in [4.78, 5) is 28.5. The Morgan fingerprint density at radius 1 is 1.07 bits per heavy atom. The fraction of sp³-hybridized carbons (Fsp3) is 0.333. The first kappa shape index (κ1) is 20.1. The van der Waals surface area contributed by atoms with Crippen LogP contribution in [0.2, 0.25) is 5.02 Å². The van der Waals surface area contributed by atoms with Crippen molar-refractivity contribution in [1.29, 1.82) is 0 Å². The van der Waals surface area contributed by atoms with E-state index in [1.807, 2.05) is 0 Å². The minimum Gasteiger partial charge on any atom is -0.481 e. The van der Waals surface area contributed by atoms with Crippen LogP contribution in [0.25, 0.3) is 0 Å². The largest absolute Gasteiger partial charge is 0.481 e. The lowest BCUT2D eigenvalue weighted by atomic mass is 10.1. The third-order valence-electron chi connectivity index (χ3n) is 4.67. The Morgan fingerprint density at radius 2 is 1.71 bits per heavy atom. The van der Waals surface area contributed by atoms with Gasteiger partial charge in [0.05, 0.1) is 6.42 Å². The molecule has 2 amide bonds. The second kappa shape index (κ2) is 9.06. The predicted molar refractivity (Wildman–Crippen MR) is 105 cm³/mol. The molecule has 0 radical (unpaired) electrons. The summed E-state index contributed by atoms with van der Waals surface area (Å²) in [6.07, 6.45) is -0.414. The van der Waals surface area contributed by atoms with Crippen LogP contribution in [0.1, 0.15) is 12.5 Å². The molecule has 0 spiro atoms. The molecule has 0 aliphatic carbocycles. The number of hydrogen-bond acceptors (Lipinski definition) is 3. The van der Waals surface area contributed by atoms with E-state index in [0.717, 1.165) is 5.56 Å². The monoisotopic (exact) mass is 404 g/mol. The topological polar surface area (TPSA) is 49.9 Å². The number of hydrogen-bond donors (Lipinski definition) is 0. The summed E-state index contributed by atoms with van der Waals surface area (Å²) in [5.74, 6) is 0.0754. The van der Waals surface area contributed by atoms with Crippen LogP contribution in [0.4, 0.5) is 4.39 Å². The van der Waals surface area contributed by atoms with E-state index in [1.54, 1.807) is 53.1 Å². The molecule has 28 heavy (non-hydrogen) atoms. The van der Waals surface area contributed by atoms with Crippen molar-refractivity contribution in [3.8, 4) is 5.75 Å². The number of carbonyl (C=O) groups is 2. The highest BCUT2D eigenvalue weighted by Gasteiger charge is 2.27. The van der Waals surface area contributed by atoms with Crippen LogP contribution in [-0.4, -0.2) is 53.9 Å². The highest BCUT2D eigenvalue weighted by molar-refractivity contribution is 6.30. The molecule has 1 atom stereocenters. The minimum absolute atomic E-state index is 0.0260. The van der Waals surface area contributed by atoms with Gasteiger partial charge >= 0.3 is 0 Å². The molecule has 0 bridgehead atoms. The number of rotatable bonds is 5. The summed E-state index contributed by atoms with van der Waals surface area (Å²) in [6, 6.07) is 12.8. The summed E-state index contributed by atoms with van der Waals surface area (Å²) in [5.41, 5.74) is 0.772. The summed E-state index contributed by atoms with van der Waals surface area (Å²) in [6.45, 7) is 3.55. The van der Waals surface area contributed by atoms with Crippen LogP contribution < -0.4 is 4.74 Å². The lowest BCUT2D eigenvalue weighted by Gasteiger charge is -2.36. The SMILES string of the molecule is CC(Oc1cccc(Cl)c1)C(=O)N1CCN(C(=O)Cc2ccc(F)cc2)CC1. The molecule has 7 heteroatoms. The molecule has 1 aliphatic rings. The van der Waals surface area contributed by atoms with E-state index in [-0.39, 0.29) is 24.1 Å². The molecule has 1 aliphatic heterocycles. The number of halogens is 2. The average molecular weight is 405 g/mol. The molecule has 1 fully saturated rings. The van der Waals surface area contributed by atoms with Crippen LogP contribution in [0.3, 0.4) is 0 Å². The quantitative estimate of drug-likeness (QED) is 0.769. The standard InChI is InChI=1S/C21H22ClFN2O3/c1-15(28-19-4-2-3-17(22)14-19)21(27)25-11-9-24(10-12-25)20(26)13-16-5-7-18(23)8-6-16/h2-8,14-15H,9-13H2,1H3. The molecule has 2 aromatic rings. The van der Waals surface area contributed by atoms with E-state index >= 15 is 0 Å². The van der Waals surface area contributed by atoms with Crippen molar-refractivity contribution in [1.82, 2.24) is 9.80 Å². The maximum atomic E-state index is 13.0. The highest BCUT2D eigenvalue weighted by atomic mass is 35.5. The van der Waals surface area contributed by atoms with Gasteiger partial charge in [-0.25, -0.2) is 4.39 Å². The molecule has 1 saturated heterocycles. The average Bonchev–Trinajstić information content (AvgIpc) is 2.69. The molecule has 2 aromatic carbocycles. The Labute approximate surface area is 168 Å². The Kier molecular flexibility index (Phi) is 6.52. The molecule has 1 heterocycles. The van der Waals surface area contributed by atoms with Gasteiger partial charge in [0.1, 0.15) is 11.6 Å². The molecule has 0 saturated carbocycles. The third kappa shape index (κ3) is 5.23. The van der Waals surface area contributed by atoms with Crippen LogP contribution in [0.15, 0.2) is 48.5 Å². The van der Waals surface area contributed by atoms with Crippen LogP contribution in [-0.2, 0) is 16.0 Å². The van der Waals surface area contributed by atoms with Gasteiger partial charge in [0.15, 0.2) is 6.10 Å². The fourth-order valence-electron chi connectivity index (χ4n) is 3.12. The molecular weight excluding hydrogens is 383 g/mol. The molecule has 148 valence electrons. The summed E-state index contributed by atoms with van der Waals surface area (Å²) < 4.78 is 18.7. The third-order valence-corrected chi connectivity index (χ3v) is 4.90. The van der Waals surface area contributed by atoms with Gasteiger partial charge in [0.25, 0.3) is 5.91 Å². The molecule has 5 nitrogen and oxygen atoms in total. The predicted octanol–water partition coefficient (Wildman–Crippen LogP) is 3.16. The first-order chi connectivity index (χ1) is 13.4.